The van der Waals surface area contributed by atoms with Gasteiger partial charge in [0.25, 0.3) is 0 Å². The molecule has 0 bridgehead atoms. The van der Waals surface area contributed by atoms with E-state index in [2.05, 4.69) is 28.0 Å². The van der Waals surface area contributed by atoms with E-state index in [1.807, 2.05) is 0 Å². The number of hydrogen-bond acceptors (Lipinski definition) is 3. The van der Waals surface area contributed by atoms with Gasteiger partial charge in [0.05, 0.1) is 6.54 Å². The Morgan fingerprint density at radius 2 is 2.00 bits per heavy atom. The molecule has 0 saturated carbocycles. The van der Waals surface area contributed by atoms with Crippen molar-refractivity contribution in [3.63, 3.8) is 0 Å². The summed E-state index contributed by atoms with van der Waals surface area (Å²) in [5.41, 5.74) is 0. The van der Waals surface area contributed by atoms with Gasteiger partial charge in [0.1, 0.15) is 0 Å². The number of terminal acetylenes is 1. The lowest BCUT2D eigenvalue weighted by atomic mass is 9.96. The monoisotopic (exact) mass is 291 g/mol. The van der Waals surface area contributed by atoms with E-state index in [-0.39, 0.29) is 11.8 Å². The number of amides is 1. The fraction of sp³-hybridized carbons (Fsp3) is 0.824. The largest absolute Gasteiger partial charge is 0.355 e. The lowest BCUT2D eigenvalue weighted by molar-refractivity contribution is -0.126. The summed E-state index contributed by atoms with van der Waals surface area (Å²) in [4.78, 5) is 16.9. The highest BCUT2D eigenvalue weighted by Gasteiger charge is 2.24. The summed E-state index contributed by atoms with van der Waals surface area (Å²) < 4.78 is 0. The fourth-order valence-electron chi connectivity index (χ4n) is 3.44. The third-order valence-electron chi connectivity index (χ3n) is 4.91. The van der Waals surface area contributed by atoms with Crippen LogP contribution in [0, 0.1) is 18.3 Å². The molecule has 2 fully saturated rings. The number of hydrogen-bond donors (Lipinski definition) is 1. The SMILES string of the molecule is C#CCN1CCC(C(=O)NCCN2CCCCC2C)CC1. The Morgan fingerprint density at radius 3 is 2.67 bits per heavy atom. The Morgan fingerprint density at radius 1 is 1.24 bits per heavy atom. The predicted molar refractivity (Wildman–Crippen MR) is 85.9 cm³/mol. The summed E-state index contributed by atoms with van der Waals surface area (Å²) in [6.07, 6.45) is 11.1. The molecule has 2 aliphatic heterocycles. The summed E-state index contributed by atoms with van der Waals surface area (Å²) in [5.74, 6) is 3.09. The molecule has 2 saturated heterocycles. The summed E-state index contributed by atoms with van der Waals surface area (Å²) >= 11 is 0. The molecule has 1 atom stereocenters. The number of likely N-dealkylation sites (tertiary alicyclic amines) is 2. The van der Waals surface area contributed by atoms with E-state index in [0.29, 0.717) is 12.6 Å². The van der Waals surface area contributed by atoms with Crippen molar-refractivity contribution in [1.29, 1.82) is 0 Å². The van der Waals surface area contributed by atoms with Gasteiger partial charge in [-0.25, -0.2) is 0 Å². The molecule has 2 aliphatic rings. The molecule has 0 aromatic heterocycles. The van der Waals surface area contributed by atoms with Crippen LogP contribution < -0.4 is 5.32 Å². The van der Waals surface area contributed by atoms with Crippen LogP contribution in [0.3, 0.4) is 0 Å². The molecule has 0 spiro atoms. The van der Waals surface area contributed by atoms with Crippen molar-refractivity contribution in [2.75, 3.05) is 39.3 Å². The lowest BCUT2D eigenvalue weighted by Gasteiger charge is -2.33. The quantitative estimate of drug-likeness (QED) is 0.776. The van der Waals surface area contributed by atoms with Crippen LogP contribution in [0.2, 0.25) is 0 Å². The summed E-state index contributed by atoms with van der Waals surface area (Å²) in [6, 6.07) is 0.669. The maximum atomic E-state index is 12.2. The maximum Gasteiger partial charge on any atom is 0.223 e. The number of rotatable bonds is 5. The van der Waals surface area contributed by atoms with Gasteiger partial charge in [-0.1, -0.05) is 12.3 Å². The lowest BCUT2D eigenvalue weighted by Crippen LogP contribution is -2.45. The van der Waals surface area contributed by atoms with Crippen molar-refractivity contribution in [2.24, 2.45) is 5.92 Å². The molecule has 1 unspecified atom stereocenters. The van der Waals surface area contributed by atoms with Crippen LogP contribution in [0.4, 0.5) is 0 Å². The van der Waals surface area contributed by atoms with E-state index in [9.17, 15) is 4.79 Å². The molecule has 1 amide bonds. The zero-order valence-corrected chi connectivity index (χ0v) is 13.3. The topological polar surface area (TPSA) is 35.6 Å². The average Bonchev–Trinajstić information content (AvgIpc) is 2.50. The molecule has 2 heterocycles. The van der Waals surface area contributed by atoms with Gasteiger partial charge in [-0.3, -0.25) is 14.6 Å². The smallest absolute Gasteiger partial charge is 0.223 e. The van der Waals surface area contributed by atoms with Crippen molar-refractivity contribution in [2.45, 2.75) is 45.1 Å². The Labute approximate surface area is 129 Å². The second kappa shape index (κ2) is 8.41. The first-order valence-electron chi connectivity index (χ1n) is 8.38. The number of carbonyl (C=O) groups is 1. The molecule has 2 rings (SSSR count). The standard InChI is InChI=1S/C17H29N3O/c1-3-10-19-12-7-16(8-13-19)17(21)18-9-14-20-11-5-4-6-15(20)2/h1,15-16H,4-14H2,2H3,(H,18,21). The van der Waals surface area contributed by atoms with Gasteiger partial charge in [-0.15, -0.1) is 6.42 Å². The van der Waals surface area contributed by atoms with E-state index >= 15 is 0 Å². The first-order chi connectivity index (χ1) is 10.2. The first-order valence-corrected chi connectivity index (χ1v) is 8.38. The average molecular weight is 291 g/mol. The van der Waals surface area contributed by atoms with Crippen LogP contribution in [0.25, 0.3) is 0 Å². The highest BCUT2D eigenvalue weighted by Crippen LogP contribution is 2.17. The molecule has 0 aromatic rings. The van der Waals surface area contributed by atoms with Crippen molar-refractivity contribution < 1.29 is 4.79 Å². The molecular formula is C17H29N3O. The van der Waals surface area contributed by atoms with Crippen LogP contribution in [0.1, 0.15) is 39.0 Å². The van der Waals surface area contributed by atoms with Crippen LogP contribution in [-0.4, -0.2) is 61.0 Å². The summed E-state index contributed by atoms with van der Waals surface area (Å²) in [7, 11) is 0. The zero-order chi connectivity index (χ0) is 15.1. The first kappa shape index (κ1) is 16.3. The second-order valence-electron chi connectivity index (χ2n) is 6.43. The molecule has 21 heavy (non-hydrogen) atoms. The maximum absolute atomic E-state index is 12.2. The van der Waals surface area contributed by atoms with Crippen LogP contribution >= 0.6 is 0 Å². The molecule has 4 nitrogen and oxygen atoms in total. The van der Waals surface area contributed by atoms with E-state index in [4.69, 9.17) is 6.42 Å². The van der Waals surface area contributed by atoms with Gasteiger partial charge in [-0.05, 0) is 52.2 Å². The van der Waals surface area contributed by atoms with Gasteiger partial charge in [0, 0.05) is 25.0 Å². The van der Waals surface area contributed by atoms with E-state index in [0.717, 1.165) is 39.0 Å². The van der Waals surface area contributed by atoms with Gasteiger partial charge in [0.15, 0.2) is 0 Å². The Bertz CT molecular complexity index is 369. The van der Waals surface area contributed by atoms with Gasteiger partial charge in [-0.2, -0.15) is 0 Å². The van der Waals surface area contributed by atoms with Crippen molar-refractivity contribution in [1.82, 2.24) is 15.1 Å². The van der Waals surface area contributed by atoms with Crippen molar-refractivity contribution in [3.05, 3.63) is 0 Å². The predicted octanol–water partition coefficient (Wildman–Crippen LogP) is 1.32. The fourth-order valence-corrected chi connectivity index (χ4v) is 3.44. The van der Waals surface area contributed by atoms with Gasteiger partial charge in [0.2, 0.25) is 5.91 Å². The van der Waals surface area contributed by atoms with Crippen LogP contribution in [0.5, 0.6) is 0 Å². The van der Waals surface area contributed by atoms with Gasteiger partial charge < -0.3 is 5.32 Å². The van der Waals surface area contributed by atoms with Gasteiger partial charge >= 0.3 is 0 Å². The molecule has 1 N–H and O–H groups in total. The Balaban J connectivity index is 1.63. The minimum absolute atomic E-state index is 0.179. The van der Waals surface area contributed by atoms with Crippen molar-refractivity contribution >= 4 is 5.91 Å². The highest BCUT2D eigenvalue weighted by molar-refractivity contribution is 5.78. The second-order valence-corrected chi connectivity index (χ2v) is 6.43. The van der Waals surface area contributed by atoms with Crippen molar-refractivity contribution in [3.8, 4) is 12.3 Å². The van der Waals surface area contributed by atoms with Crippen LogP contribution in [0.15, 0.2) is 0 Å². The number of carbonyl (C=O) groups excluding carboxylic acids is 1. The van der Waals surface area contributed by atoms with E-state index in [1.54, 1.807) is 0 Å². The Hall–Kier alpha value is -1.05. The number of nitrogens with zero attached hydrogens (tertiary/aromatic N) is 2. The molecule has 4 heteroatoms. The zero-order valence-electron chi connectivity index (χ0n) is 13.3. The normalized spacial score (nSPS) is 25.4. The Kier molecular flexibility index (Phi) is 6.53. The molecular weight excluding hydrogens is 262 g/mol. The minimum atomic E-state index is 0.179. The third-order valence-corrected chi connectivity index (χ3v) is 4.91. The summed E-state index contributed by atoms with van der Waals surface area (Å²) in [6.45, 7) is 7.86. The van der Waals surface area contributed by atoms with Crippen LogP contribution in [-0.2, 0) is 4.79 Å². The molecule has 0 aromatic carbocycles. The number of piperidine rings is 2. The third kappa shape index (κ3) is 5.01. The highest BCUT2D eigenvalue weighted by atomic mass is 16.1. The number of nitrogens with one attached hydrogen (secondary N) is 1. The molecule has 0 radical (unpaired) electrons. The molecule has 118 valence electrons. The van der Waals surface area contributed by atoms with E-state index < -0.39 is 0 Å². The minimum Gasteiger partial charge on any atom is -0.355 e. The van der Waals surface area contributed by atoms with E-state index in [1.165, 1.54) is 25.8 Å². The summed E-state index contributed by atoms with van der Waals surface area (Å²) in [5, 5.41) is 3.13. The molecule has 0 aliphatic carbocycles.